The first kappa shape index (κ1) is 20.4. The highest BCUT2D eigenvalue weighted by atomic mass is 19.2. The maximum atomic E-state index is 14.3. The molecule has 0 amide bonds. The molecular weight excluding hydrogens is 388 g/mol. The summed E-state index contributed by atoms with van der Waals surface area (Å²) in [6.07, 6.45) is 3.57. The van der Waals surface area contributed by atoms with Crippen LogP contribution < -0.4 is 4.90 Å². The molecule has 0 spiro atoms. The number of benzene rings is 1. The fraction of sp³-hybridized carbons (Fsp3) is 0.409. The van der Waals surface area contributed by atoms with Crippen molar-refractivity contribution in [1.29, 1.82) is 0 Å². The van der Waals surface area contributed by atoms with Crippen molar-refractivity contribution in [2.24, 2.45) is 0 Å². The first-order valence-electron chi connectivity index (χ1n) is 10.0. The number of hydrogen-bond donors (Lipinski definition) is 0. The molecule has 1 aromatic carbocycles. The van der Waals surface area contributed by atoms with E-state index in [4.69, 9.17) is 9.51 Å². The molecule has 8 heteroatoms. The zero-order chi connectivity index (χ0) is 21.4. The van der Waals surface area contributed by atoms with Gasteiger partial charge in [-0.15, -0.1) is 0 Å². The standard InChI is InChI=1S/C22H25F2N5O/c1-13-14(2)27-30-21(13)16-11-25-22(28(3)4)26-20(16)18-9-6-10-29(18)12-15-7-5-8-17(23)19(15)24/h5,7-8,11,18H,6,9-10,12H2,1-4H3. The van der Waals surface area contributed by atoms with Crippen LogP contribution in [-0.4, -0.2) is 40.7 Å². The van der Waals surface area contributed by atoms with Crippen LogP contribution in [0.4, 0.5) is 14.7 Å². The number of hydrogen-bond acceptors (Lipinski definition) is 6. The van der Waals surface area contributed by atoms with Crippen LogP contribution >= 0.6 is 0 Å². The molecule has 1 unspecified atom stereocenters. The minimum atomic E-state index is -0.825. The highest BCUT2D eigenvalue weighted by Gasteiger charge is 2.32. The number of likely N-dealkylation sites (tertiary alicyclic amines) is 1. The molecule has 1 aliphatic rings. The lowest BCUT2D eigenvalue weighted by molar-refractivity contribution is 0.240. The quantitative estimate of drug-likeness (QED) is 0.617. The van der Waals surface area contributed by atoms with Crippen molar-refractivity contribution >= 4 is 5.95 Å². The van der Waals surface area contributed by atoms with E-state index in [2.05, 4.69) is 15.0 Å². The lowest BCUT2D eigenvalue weighted by atomic mass is 10.0. The molecule has 0 aliphatic carbocycles. The number of halogens is 2. The Hall–Kier alpha value is -2.87. The molecule has 0 radical (unpaired) electrons. The zero-order valence-corrected chi connectivity index (χ0v) is 17.6. The van der Waals surface area contributed by atoms with Crippen LogP contribution in [0.5, 0.6) is 0 Å². The van der Waals surface area contributed by atoms with E-state index in [0.717, 1.165) is 48.0 Å². The molecule has 0 N–H and O–H groups in total. The van der Waals surface area contributed by atoms with Crippen LogP contribution in [0.25, 0.3) is 11.3 Å². The Bertz CT molecular complexity index is 1070. The Kier molecular flexibility index (Phi) is 5.51. The molecule has 3 heterocycles. The van der Waals surface area contributed by atoms with Crippen molar-refractivity contribution < 1.29 is 13.3 Å². The van der Waals surface area contributed by atoms with E-state index in [-0.39, 0.29) is 6.04 Å². The van der Waals surface area contributed by atoms with Gasteiger partial charge in [-0.25, -0.2) is 18.7 Å². The van der Waals surface area contributed by atoms with Gasteiger partial charge in [0.1, 0.15) is 0 Å². The average Bonchev–Trinajstić information content (AvgIpc) is 3.32. The normalized spacial score (nSPS) is 16.9. The third-order valence-electron chi connectivity index (χ3n) is 5.69. The Morgan fingerprint density at radius 3 is 2.73 bits per heavy atom. The number of nitrogens with zero attached hydrogens (tertiary/aromatic N) is 5. The molecule has 4 rings (SSSR count). The second-order valence-electron chi connectivity index (χ2n) is 7.93. The van der Waals surface area contributed by atoms with Gasteiger partial charge in [-0.1, -0.05) is 17.3 Å². The van der Waals surface area contributed by atoms with Gasteiger partial charge >= 0.3 is 0 Å². The highest BCUT2D eigenvalue weighted by Crippen LogP contribution is 2.39. The summed E-state index contributed by atoms with van der Waals surface area (Å²) >= 11 is 0. The summed E-state index contributed by atoms with van der Waals surface area (Å²) in [6.45, 7) is 4.93. The van der Waals surface area contributed by atoms with Gasteiger partial charge in [0.2, 0.25) is 5.95 Å². The summed E-state index contributed by atoms with van der Waals surface area (Å²) in [5.74, 6) is -0.376. The van der Waals surface area contributed by atoms with Gasteiger partial charge in [0.15, 0.2) is 17.4 Å². The molecule has 0 bridgehead atoms. The predicted octanol–water partition coefficient (Wildman–Crippen LogP) is 4.43. The summed E-state index contributed by atoms with van der Waals surface area (Å²) in [4.78, 5) is 13.3. The van der Waals surface area contributed by atoms with Crippen LogP contribution in [-0.2, 0) is 6.54 Å². The lowest BCUT2D eigenvalue weighted by Crippen LogP contribution is -2.25. The van der Waals surface area contributed by atoms with Crippen LogP contribution in [0.15, 0.2) is 28.9 Å². The summed E-state index contributed by atoms with van der Waals surface area (Å²) in [6, 6.07) is 4.25. The molecule has 158 valence electrons. The molecule has 6 nitrogen and oxygen atoms in total. The molecule has 30 heavy (non-hydrogen) atoms. The lowest BCUT2D eigenvalue weighted by Gasteiger charge is -2.26. The third-order valence-corrected chi connectivity index (χ3v) is 5.69. The summed E-state index contributed by atoms with van der Waals surface area (Å²) in [5.41, 5.74) is 3.71. The number of aromatic nitrogens is 3. The monoisotopic (exact) mass is 413 g/mol. The second-order valence-corrected chi connectivity index (χ2v) is 7.93. The Morgan fingerprint density at radius 1 is 1.23 bits per heavy atom. The van der Waals surface area contributed by atoms with E-state index in [0.29, 0.717) is 23.8 Å². The van der Waals surface area contributed by atoms with Gasteiger partial charge < -0.3 is 9.42 Å². The van der Waals surface area contributed by atoms with Crippen LogP contribution in [0.3, 0.4) is 0 Å². The SMILES string of the molecule is Cc1noc(-c2cnc(N(C)C)nc2C2CCCN2Cc2cccc(F)c2F)c1C. The summed E-state index contributed by atoms with van der Waals surface area (Å²) < 4.78 is 33.6. The Labute approximate surface area is 174 Å². The van der Waals surface area contributed by atoms with E-state index < -0.39 is 11.6 Å². The Morgan fingerprint density at radius 2 is 2.03 bits per heavy atom. The van der Waals surface area contributed by atoms with Gasteiger partial charge in [0.05, 0.1) is 23.0 Å². The predicted molar refractivity (Wildman–Crippen MR) is 110 cm³/mol. The molecule has 1 atom stereocenters. The van der Waals surface area contributed by atoms with Crippen LogP contribution in [0.2, 0.25) is 0 Å². The molecule has 1 saturated heterocycles. The number of anilines is 1. The highest BCUT2D eigenvalue weighted by molar-refractivity contribution is 5.65. The first-order valence-corrected chi connectivity index (χ1v) is 10.0. The minimum absolute atomic E-state index is 0.0610. The summed E-state index contributed by atoms with van der Waals surface area (Å²) in [7, 11) is 3.77. The molecule has 3 aromatic rings. The van der Waals surface area contributed by atoms with Gasteiger partial charge in [-0.3, -0.25) is 4.90 Å². The van der Waals surface area contributed by atoms with E-state index in [1.54, 1.807) is 18.3 Å². The fourth-order valence-electron chi connectivity index (χ4n) is 3.91. The maximum absolute atomic E-state index is 14.3. The molecule has 1 fully saturated rings. The third kappa shape index (κ3) is 3.67. The molecule has 2 aromatic heterocycles. The minimum Gasteiger partial charge on any atom is -0.356 e. The van der Waals surface area contributed by atoms with Gasteiger partial charge in [-0.2, -0.15) is 0 Å². The van der Waals surface area contributed by atoms with Crippen molar-refractivity contribution in [1.82, 2.24) is 20.0 Å². The zero-order valence-electron chi connectivity index (χ0n) is 17.6. The smallest absolute Gasteiger partial charge is 0.225 e. The largest absolute Gasteiger partial charge is 0.356 e. The van der Waals surface area contributed by atoms with Gasteiger partial charge in [0, 0.05) is 38.0 Å². The number of aryl methyl sites for hydroxylation is 1. The fourth-order valence-corrected chi connectivity index (χ4v) is 3.91. The topological polar surface area (TPSA) is 58.3 Å². The van der Waals surface area contributed by atoms with E-state index in [9.17, 15) is 8.78 Å². The van der Waals surface area contributed by atoms with E-state index >= 15 is 0 Å². The molecule has 1 aliphatic heterocycles. The van der Waals surface area contributed by atoms with Crippen molar-refractivity contribution in [3.05, 3.63) is 58.5 Å². The van der Waals surface area contributed by atoms with Gasteiger partial charge in [0.25, 0.3) is 0 Å². The van der Waals surface area contributed by atoms with Crippen molar-refractivity contribution in [3.63, 3.8) is 0 Å². The number of rotatable bonds is 5. The van der Waals surface area contributed by atoms with Crippen LogP contribution in [0, 0.1) is 25.5 Å². The van der Waals surface area contributed by atoms with Crippen LogP contribution in [0.1, 0.15) is 41.4 Å². The molecular formula is C22H25F2N5O. The van der Waals surface area contributed by atoms with Crippen molar-refractivity contribution in [2.45, 2.75) is 39.3 Å². The molecule has 0 saturated carbocycles. The van der Waals surface area contributed by atoms with Gasteiger partial charge in [-0.05, 0) is 39.3 Å². The first-order chi connectivity index (χ1) is 14.4. The van der Waals surface area contributed by atoms with Crippen molar-refractivity contribution in [3.8, 4) is 11.3 Å². The van der Waals surface area contributed by atoms with Crippen molar-refractivity contribution in [2.75, 3.05) is 25.5 Å². The Balaban J connectivity index is 1.76. The second kappa shape index (κ2) is 8.10. The van der Waals surface area contributed by atoms with E-state index in [1.807, 2.05) is 32.8 Å². The summed E-state index contributed by atoms with van der Waals surface area (Å²) in [5, 5.41) is 4.08. The van der Waals surface area contributed by atoms with E-state index in [1.165, 1.54) is 0 Å². The maximum Gasteiger partial charge on any atom is 0.225 e. The average molecular weight is 413 g/mol.